The second kappa shape index (κ2) is 8.26. The molecule has 0 amide bonds. The highest BCUT2D eigenvalue weighted by molar-refractivity contribution is 6.30. The standard InChI is InChI=1S/C23H22ClN5O.ClH/c24-17-9-10-19-16(11-17)12-25-13-21-26-27-23(29(19)21)15-7-5-14(6-8-15)22-18-3-1-2-4-20(18)30-28-22;/h1-4,9-11,14-15,25H,5-8,12-13H2;1H/t14-,15-;. The van der Waals surface area contributed by atoms with E-state index in [1.54, 1.807) is 0 Å². The number of nitrogens with one attached hydrogen (secondary N) is 1. The fraction of sp³-hybridized carbons (Fsp3) is 0.348. The third kappa shape index (κ3) is 3.53. The van der Waals surface area contributed by atoms with E-state index >= 15 is 0 Å². The molecule has 2 aromatic carbocycles. The van der Waals surface area contributed by atoms with Crippen LogP contribution < -0.4 is 5.32 Å². The van der Waals surface area contributed by atoms with Crippen molar-refractivity contribution in [3.8, 4) is 5.69 Å². The maximum atomic E-state index is 6.24. The molecular weight excluding hydrogens is 433 g/mol. The van der Waals surface area contributed by atoms with Gasteiger partial charge in [-0.15, -0.1) is 22.6 Å². The van der Waals surface area contributed by atoms with Crippen LogP contribution in [0.15, 0.2) is 47.0 Å². The lowest BCUT2D eigenvalue weighted by molar-refractivity contribution is 0.360. The van der Waals surface area contributed by atoms with Gasteiger partial charge in [0.15, 0.2) is 11.4 Å². The van der Waals surface area contributed by atoms with E-state index < -0.39 is 0 Å². The maximum Gasteiger partial charge on any atom is 0.167 e. The zero-order valence-electron chi connectivity index (χ0n) is 16.9. The number of nitrogens with zero attached hydrogens (tertiary/aromatic N) is 4. The Morgan fingerprint density at radius 3 is 2.65 bits per heavy atom. The predicted molar refractivity (Wildman–Crippen MR) is 122 cm³/mol. The van der Waals surface area contributed by atoms with Gasteiger partial charge in [-0.3, -0.25) is 4.57 Å². The molecule has 0 saturated heterocycles. The second-order valence-electron chi connectivity index (χ2n) is 8.30. The van der Waals surface area contributed by atoms with E-state index in [9.17, 15) is 0 Å². The predicted octanol–water partition coefficient (Wildman–Crippen LogP) is 5.53. The third-order valence-corrected chi connectivity index (χ3v) is 6.76. The summed E-state index contributed by atoms with van der Waals surface area (Å²) in [6.07, 6.45) is 4.30. The van der Waals surface area contributed by atoms with Crippen molar-refractivity contribution in [1.82, 2.24) is 25.2 Å². The number of benzene rings is 2. The largest absolute Gasteiger partial charge is 0.356 e. The zero-order chi connectivity index (χ0) is 20.1. The monoisotopic (exact) mass is 455 g/mol. The molecule has 8 heteroatoms. The summed E-state index contributed by atoms with van der Waals surface area (Å²) >= 11 is 6.24. The topological polar surface area (TPSA) is 68.8 Å². The Balaban J connectivity index is 0.00000204. The second-order valence-corrected chi connectivity index (χ2v) is 8.74. The van der Waals surface area contributed by atoms with Crippen LogP contribution in [0, 0.1) is 0 Å². The number of para-hydroxylation sites is 1. The molecule has 0 spiro atoms. The van der Waals surface area contributed by atoms with Gasteiger partial charge in [0.2, 0.25) is 0 Å². The summed E-state index contributed by atoms with van der Waals surface area (Å²) in [5, 5.41) is 18.9. The van der Waals surface area contributed by atoms with Crippen molar-refractivity contribution < 1.29 is 4.52 Å². The molecule has 1 saturated carbocycles. The third-order valence-electron chi connectivity index (χ3n) is 6.52. The lowest BCUT2D eigenvalue weighted by Crippen LogP contribution is -2.17. The quantitative estimate of drug-likeness (QED) is 0.430. The van der Waals surface area contributed by atoms with Crippen molar-refractivity contribution in [2.75, 3.05) is 0 Å². The smallest absolute Gasteiger partial charge is 0.167 e. The molecule has 0 bridgehead atoms. The first-order valence-electron chi connectivity index (χ1n) is 10.6. The van der Waals surface area contributed by atoms with E-state index in [2.05, 4.69) is 43.4 Å². The summed E-state index contributed by atoms with van der Waals surface area (Å²) < 4.78 is 7.80. The number of hydrogen-bond acceptors (Lipinski definition) is 5. The lowest BCUT2D eigenvalue weighted by atomic mass is 9.79. The number of rotatable bonds is 2. The first-order chi connectivity index (χ1) is 14.8. The molecular formula is C23H23Cl2N5O. The fourth-order valence-electron chi connectivity index (χ4n) is 5.02. The SMILES string of the molecule is Cl.Clc1ccc2c(c1)CNCc1nnc([C@H]3CC[C@H](c4noc5ccccc54)CC3)n1-2. The lowest BCUT2D eigenvalue weighted by Gasteiger charge is -2.27. The summed E-state index contributed by atoms with van der Waals surface area (Å²) in [7, 11) is 0. The summed E-state index contributed by atoms with van der Waals surface area (Å²) in [5.41, 5.74) is 4.31. The van der Waals surface area contributed by atoms with Crippen LogP contribution in [0.2, 0.25) is 5.02 Å². The van der Waals surface area contributed by atoms with E-state index in [-0.39, 0.29) is 12.4 Å². The highest BCUT2D eigenvalue weighted by Gasteiger charge is 2.31. The molecule has 1 aliphatic heterocycles. The Hall–Kier alpha value is -2.41. The van der Waals surface area contributed by atoms with Crippen LogP contribution >= 0.6 is 24.0 Å². The number of halogens is 2. The van der Waals surface area contributed by atoms with Crippen LogP contribution in [0.5, 0.6) is 0 Å². The molecule has 31 heavy (non-hydrogen) atoms. The summed E-state index contributed by atoms with van der Waals surface area (Å²) in [6.45, 7) is 1.49. The average molecular weight is 456 g/mol. The van der Waals surface area contributed by atoms with Crippen LogP contribution in [0.1, 0.15) is 60.4 Å². The van der Waals surface area contributed by atoms with Gasteiger partial charge in [0, 0.05) is 28.8 Å². The number of hydrogen-bond donors (Lipinski definition) is 1. The Labute approximate surface area is 191 Å². The van der Waals surface area contributed by atoms with E-state index in [4.69, 9.17) is 16.1 Å². The van der Waals surface area contributed by atoms with Gasteiger partial charge < -0.3 is 9.84 Å². The molecule has 1 N–H and O–H groups in total. The van der Waals surface area contributed by atoms with Gasteiger partial charge >= 0.3 is 0 Å². The van der Waals surface area contributed by atoms with Crippen molar-refractivity contribution in [3.05, 3.63) is 70.4 Å². The van der Waals surface area contributed by atoms with Gasteiger partial charge in [0.1, 0.15) is 5.82 Å². The Bertz CT molecular complexity index is 1230. The minimum atomic E-state index is 0. The van der Waals surface area contributed by atoms with Gasteiger partial charge in [0.05, 0.1) is 17.9 Å². The molecule has 3 heterocycles. The molecule has 6 nitrogen and oxygen atoms in total. The summed E-state index contributed by atoms with van der Waals surface area (Å²) in [6, 6.07) is 14.2. The molecule has 0 radical (unpaired) electrons. The van der Waals surface area contributed by atoms with Crippen LogP contribution in [0.4, 0.5) is 0 Å². The Morgan fingerprint density at radius 1 is 0.968 bits per heavy atom. The van der Waals surface area contributed by atoms with Gasteiger partial charge in [-0.2, -0.15) is 0 Å². The molecule has 4 aromatic rings. The first-order valence-corrected chi connectivity index (χ1v) is 10.9. The van der Waals surface area contributed by atoms with Crippen LogP contribution in [-0.4, -0.2) is 19.9 Å². The van der Waals surface area contributed by atoms with Crippen molar-refractivity contribution in [3.63, 3.8) is 0 Å². The van der Waals surface area contributed by atoms with Gasteiger partial charge in [0.25, 0.3) is 0 Å². The van der Waals surface area contributed by atoms with E-state index in [0.29, 0.717) is 18.4 Å². The molecule has 6 rings (SSSR count). The molecule has 160 valence electrons. The van der Waals surface area contributed by atoms with Crippen molar-refractivity contribution in [2.45, 2.75) is 50.6 Å². The molecule has 0 unspecified atom stereocenters. The van der Waals surface area contributed by atoms with E-state index in [1.165, 1.54) is 5.56 Å². The average Bonchev–Trinajstić information content (AvgIpc) is 3.34. The van der Waals surface area contributed by atoms with E-state index in [0.717, 1.165) is 71.3 Å². The molecule has 0 atom stereocenters. The van der Waals surface area contributed by atoms with Crippen molar-refractivity contribution in [2.24, 2.45) is 0 Å². The molecule has 2 aliphatic rings. The first kappa shape index (κ1) is 20.5. The Morgan fingerprint density at radius 2 is 1.77 bits per heavy atom. The van der Waals surface area contributed by atoms with Crippen molar-refractivity contribution in [1.29, 1.82) is 0 Å². The molecule has 1 aliphatic carbocycles. The van der Waals surface area contributed by atoms with Crippen LogP contribution in [-0.2, 0) is 13.1 Å². The molecule has 1 fully saturated rings. The Kier molecular flexibility index (Phi) is 5.46. The van der Waals surface area contributed by atoms with E-state index in [1.807, 2.05) is 24.3 Å². The highest BCUT2D eigenvalue weighted by atomic mass is 35.5. The van der Waals surface area contributed by atoms with Gasteiger partial charge in [-0.25, -0.2) is 0 Å². The zero-order valence-corrected chi connectivity index (χ0v) is 18.5. The van der Waals surface area contributed by atoms with Crippen LogP contribution in [0.3, 0.4) is 0 Å². The van der Waals surface area contributed by atoms with Crippen molar-refractivity contribution >= 4 is 35.0 Å². The minimum absolute atomic E-state index is 0. The van der Waals surface area contributed by atoms with Gasteiger partial charge in [-0.05, 0) is 61.6 Å². The number of aromatic nitrogens is 4. The summed E-state index contributed by atoms with van der Waals surface area (Å²) in [5.74, 6) is 2.86. The highest BCUT2D eigenvalue weighted by Crippen LogP contribution is 2.42. The molecule has 2 aromatic heterocycles. The van der Waals surface area contributed by atoms with Gasteiger partial charge in [-0.1, -0.05) is 28.9 Å². The minimum Gasteiger partial charge on any atom is -0.356 e. The summed E-state index contributed by atoms with van der Waals surface area (Å²) in [4.78, 5) is 0. The number of fused-ring (bicyclic) bond motifs is 4. The maximum absolute atomic E-state index is 6.24. The fourth-order valence-corrected chi connectivity index (χ4v) is 5.21. The normalized spacial score (nSPS) is 20.5. The van der Waals surface area contributed by atoms with Crippen LogP contribution in [0.25, 0.3) is 16.7 Å².